The van der Waals surface area contributed by atoms with Crippen molar-refractivity contribution in [3.05, 3.63) is 136 Å². The highest BCUT2D eigenvalue weighted by Crippen LogP contribution is 2.51. The molecule has 7 aromatic rings. The van der Waals surface area contributed by atoms with Crippen molar-refractivity contribution >= 4 is 45.8 Å². The molecule has 1 aliphatic rings. The zero-order chi connectivity index (χ0) is 31.5. The lowest BCUT2D eigenvalue weighted by Gasteiger charge is -2.28. The Morgan fingerprint density at radius 3 is 1.59 bits per heavy atom. The predicted molar refractivity (Wildman–Crippen MR) is 184 cm³/mol. The summed E-state index contributed by atoms with van der Waals surface area (Å²) in [6.07, 6.45) is 4.26. The first kappa shape index (κ1) is 27.6. The summed E-state index contributed by atoms with van der Waals surface area (Å²) in [5, 5.41) is 10.3. The van der Waals surface area contributed by atoms with Gasteiger partial charge in [0.15, 0.2) is 17.3 Å². The van der Waals surface area contributed by atoms with Gasteiger partial charge in [-0.05, 0) is 81.2 Å². The third kappa shape index (κ3) is 4.33. The summed E-state index contributed by atoms with van der Waals surface area (Å²) in [5.74, 6) is 3.15. The van der Waals surface area contributed by atoms with Gasteiger partial charge in [0.2, 0.25) is 0 Å². The summed E-state index contributed by atoms with van der Waals surface area (Å²) in [4.78, 5) is 19.8. The number of hydrogen-bond donors (Lipinski definition) is 0. The van der Waals surface area contributed by atoms with Gasteiger partial charge in [0.25, 0.3) is 0 Å². The number of rotatable bonds is 4. The van der Waals surface area contributed by atoms with Gasteiger partial charge in [-0.2, -0.15) is 0 Å². The van der Waals surface area contributed by atoms with Crippen molar-refractivity contribution in [2.24, 2.45) is 0 Å². The number of benzene rings is 4. The van der Waals surface area contributed by atoms with Crippen LogP contribution < -0.4 is 15.0 Å². The van der Waals surface area contributed by atoms with Crippen LogP contribution in [-0.4, -0.2) is 29.8 Å². The van der Waals surface area contributed by atoms with E-state index in [4.69, 9.17) is 20.1 Å². The normalized spacial score (nSPS) is 13.3. The number of aryl methyl sites for hydroxylation is 5. The Labute approximate surface area is 267 Å². The molecule has 0 radical (unpaired) electrons. The average Bonchev–Trinajstić information content (AvgIpc) is 3.67. The molecule has 4 heterocycles. The van der Waals surface area contributed by atoms with E-state index < -0.39 is 0 Å². The fraction of sp³-hybridized carbons (Fsp3) is 0.132. The zero-order valence-electron chi connectivity index (χ0n) is 26.4. The lowest BCUT2D eigenvalue weighted by Crippen LogP contribution is -2.24. The minimum atomic E-state index is 0.673. The maximum absolute atomic E-state index is 5.27. The molecule has 1 aliphatic heterocycles. The van der Waals surface area contributed by atoms with Gasteiger partial charge in [0, 0.05) is 10.8 Å². The molecular weight excluding hydrogens is 568 g/mol. The smallest absolute Gasteiger partial charge is 0.185 e. The Hall–Kier alpha value is -5.89. The van der Waals surface area contributed by atoms with E-state index in [0.717, 1.165) is 78.6 Å². The summed E-state index contributed by atoms with van der Waals surface area (Å²) < 4.78 is 1.63. The van der Waals surface area contributed by atoms with Gasteiger partial charge in [-0.3, -0.25) is 9.80 Å². The van der Waals surface area contributed by atoms with Crippen molar-refractivity contribution in [2.45, 2.75) is 34.6 Å². The Morgan fingerprint density at radius 2 is 1.04 bits per heavy atom. The first-order valence-electron chi connectivity index (χ1n) is 15.4. The lowest BCUT2D eigenvalue weighted by atomic mass is 10.1. The molecule has 0 N–H and O–H groups in total. The molecule has 0 amide bonds. The first-order chi connectivity index (χ1) is 22.4. The number of hydrogen-bond acceptors (Lipinski definition) is 7. The first-order valence-corrected chi connectivity index (χ1v) is 15.4. The summed E-state index contributed by atoms with van der Waals surface area (Å²) in [7, 11) is 0. The van der Waals surface area contributed by atoms with Gasteiger partial charge in [0.05, 0.1) is 22.4 Å². The Bertz CT molecular complexity index is 2250. The van der Waals surface area contributed by atoms with E-state index in [1.165, 1.54) is 0 Å². The van der Waals surface area contributed by atoms with Gasteiger partial charge >= 0.3 is 0 Å². The standard InChI is InChI=1S/C38H32N8/c1-23-13-11-14-24(2)34(23)44-32(22-21-29-33(28-17-7-6-8-18-28)43-46-36(29)39-27(5)42-46)45(35-25(3)15-12-16-26(35)4)38-37(44)40-30-19-9-10-20-31(30)41-38/h6-22H,1-5H3/b29-21-. The largest absolute Gasteiger partial charge is 0.276 e. The van der Waals surface area contributed by atoms with E-state index in [9.17, 15) is 0 Å². The summed E-state index contributed by atoms with van der Waals surface area (Å²) in [5.41, 5.74) is 11.0. The highest BCUT2D eigenvalue weighted by atomic mass is 15.5. The highest BCUT2D eigenvalue weighted by molar-refractivity contribution is 5.96. The number of para-hydroxylation sites is 4. The monoisotopic (exact) mass is 600 g/mol. The molecule has 0 saturated heterocycles. The molecule has 0 bridgehead atoms. The van der Waals surface area contributed by atoms with Gasteiger partial charge in [-0.15, -0.1) is 14.8 Å². The van der Waals surface area contributed by atoms with Crippen molar-refractivity contribution < 1.29 is 0 Å². The molecule has 8 nitrogen and oxygen atoms in total. The van der Waals surface area contributed by atoms with Crippen LogP contribution in [-0.2, 0) is 0 Å². The van der Waals surface area contributed by atoms with Crippen LogP contribution in [0, 0.1) is 34.6 Å². The summed E-state index contributed by atoms with van der Waals surface area (Å²) >= 11 is 0. The molecule has 8 rings (SSSR count). The molecule has 0 atom stereocenters. The second-order valence-corrected chi connectivity index (χ2v) is 11.8. The lowest BCUT2D eigenvalue weighted by molar-refractivity contribution is 0.809. The van der Waals surface area contributed by atoms with E-state index in [-0.39, 0.29) is 0 Å². The Morgan fingerprint density at radius 1 is 0.522 bits per heavy atom. The van der Waals surface area contributed by atoms with Crippen LogP contribution in [0.25, 0.3) is 34.0 Å². The number of fused-ring (bicyclic) bond motifs is 3. The van der Waals surface area contributed by atoms with E-state index in [1.807, 2.05) is 49.4 Å². The molecule has 3 aromatic heterocycles. The van der Waals surface area contributed by atoms with Crippen LogP contribution in [0.15, 0.2) is 103 Å². The minimum Gasteiger partial charge on any atom is -0.276 e. The molecule has 224 valence electrons. The molecule has 0 unspecified atom stereocenters. The fourth-order valence-corrected chi connectivity index (χ4v) is 6.52. The summed E-state index contributed by atoms with van der Waals surface area (Å²) in [6.45, 7) is 10.5. The molecule has 0 fully saturated rings. The third-order valence-electron chi connectivity index (χ3n) is 8.58. The maximum Gasteiger partial charge on any atom is 0.185 e. The number of anilines is 4. The zero-order valence-corrected chi connectivity index (χ0v) is 26.4. The van der Waals surface area contributed by atoms with E-state index in [0.29, 0.717) is 11.5 Å². The van der Waals surface area contributed by atoms with Crippen LogP contribution in [0.5, 0.6) is 0 Å². The second-order valence-electron chi connectivity index (χ2n) is 11.8. The quantitative estimate of drug-likeness (QED) is 0.206. The third-order valence-corrected chi connectivity index (χ3v) is 8.58. The van der Waals surface area contributed by atoms with Crippen molar-refractivity contribution in [3.8, 4) is 11.3 Å². The van der Waals surface area contributed by atoms with E-state index in [1.54, 1.807) is 4.63 Å². The molecule has 4 aromatic carbocycles. The van der Waals surface area contributed by atoms with Crippen LogP contribution in [0.1, 0.15) is 28.1 Å². The molecule has 0 spiro atoms. The Balaban J connectivity index is 1.48. The van der Waals surface area contributed by atoms with Crippen molar-refractivity contribution in [1.82, 2.24) is 29.8 Å². The molecule has 0 aliphatic carbocycles. The maximum atomic E-state index is 5.27. The van der Waals surface area contributed by atoms with Gasteiger partial charge in [-0.1, -0.05) is 78.9 Å². The molecule has 0 saturated carbocycles. The molecule has 8 heteroatoms. The highest BCUT2D eigenvalue weighted by Gasteiger charge is 2.39. The van der Waals surface area contributed by atoms with Crippen molar-refractivity contribution in [1.29, 1.82) is 0 Å². The van der Waals surface area contributed by atoms with Crippen LogP contribution in [0.4, 0.5) is 23.0 Å². The average molecular weight is 601 g/mol. The number of nitrogens with zero attached hydrogens (tertiary/aromatic N) is 8. The van der Waals surface area contributed by atoms with Crippen molar-refractivity contribution in [2.75, 3.05) is 9.80 Å². The second kappa shape index (κ2) is 10.6. The van der Waals surface area contributed by atoms with E-state index >= 15 is 0 Å². The predicted octanol–water partition coefficient (Wildman–Crippen LogP) is 7.61. The Kier molecular flexibility index (Phi) is 6.39. The van der Waals surface area contributed by atoms with Crippen LogP contribution in [0.2, 0.25) is 0 Å². The molecule has 46 heavy (non-hydrogen) atoms. The molecular formula is C38H32N8. The number of allylic oxidation sites excluding steroid dienone is 1. The van der Waals surface area contributed by atoms with Gasteiger partial charge in [-0.25, -0.2) is 15.0 Å². The van der Waals surface area contributed by atoms with Crippen LogP contribution in [0.3, 0.4) is 0 Å². The fourth-order valence-electron chi connectivity index (χ4n) is 6.52. The minimum absolute atomic E-state index is 0.673. The van der Waals surface area contributed by atoms with E-state index in [2.05, 4.69) is 103 Å². The SMILES string of the molecule is Cc1nc2/c(=C\C=C3N(c4c(C)cccc4C)c4nc5ccccc5nc4N3c3c(C)cccc3C)c(-c3ccccc3)nn2n1. The van der Waals surface area contributed by atoms with Crippen molar-refractivity contribution in [3.63, 3.8) is 0 Å². The topological polar surface area (TPSA) is 75.3 Å². The van der Waals surface area contributed by atoms with Crippen LogP contribution >= 0.6 is 0 Å². The number of aromatic nitrogens is 6. The van der Waals surface area contributed by atoms with Gasteiger partial charge < -0.3 is 0 Å². The van der Waals surface area contributed by atoms with Gasteiger partial charge in [0.1, 0.15) is 17.3 Å². The summed E-state index contributed by atoms with van der Waals surface area (Å²) in [6, 6.07) is 31.0.